The van der Waals surface area contributed by atoms with Crippen LogP contribution in [0.1, 0.15) is 99.0 Å². The first-order valence-electron chi connectivity index (χ1n) is 18.2. The SMILES string of the molecule is COC(=O)c1cc(N(CC(=O)OC(C)(C)C)CC(=O)OC(C)(C)C)c(OCCOc2cc(C)ccc2N(CC(=O)OC(C)(C)C)CC(=O)OC(C)(C)C)cc1Br. The van der Waals surface area contributed by atoms with Gasteiger partial charge in [0.05, 0.1) is 24.0 Å². The van der Waals surface area contributed by atoms with Gasteiger partial charge in [-0.2, -0.15) is 0 Å². The molecule has 0 saturated carbocycles. The zero-order valence-corrected chi connectivity index (χ0v) is 36.9. The Hall–Kier alpha value is -4.53. The van der Waals surface area contributed by atoms with Crippen LogP contribution in [0, 0.1) is 6.92 Å². The minimum Gasteiger partial charge on any atom is -0.488 e. The molecule has 0 aliphatic rings. The van der Waals surface area contributed by atoms with Gasteiger partial charge in [-0.15, -0.1) is 0 Å². The molecule has 15 heteroatoms. The van der Waals surface area contributed by atoms with Gasteiger partial charge in [-0.3, -0.25) is 19.2 Å². The molecular weight excluding hydrogens is 792 g/mol. The maximum absolute atomic E-state index is 13.1. The lowest BCUT2D eigenvalue weighted by Gasteiger charge is -2.29. The second-order valence-corrected chi connectivity index (χ2v) is 17.9. The summed E-state index contributed by atoms with van der Waals surface area (Å²) in [6.07, 6.45) is 0. The van der Waals surface area contributed by atoms with Gasteiger partial charge < -0.3 is 43.0 Å². The molecule has 0 aliphatic heterocycles. The number of methoxy groups -OCH3 is 1. The lowest BCUT2D eigenvalue weighted by atomic mass is 10.1. The first-order chi connectivity index (χ1) is 25.6. The van der Waals surface area contributed by atoms with Crippen LogP contribution in [0.3, 0.4) is 0 Å². The summed E-state index contributed by atoms with van der Waals surface area (Å²) < 4.78 is 40.0. The first kappa shape index (κ1) is 47.6. The maximum Gasteiger partial charge on any atom is 0.339 e. The predicted octanol–water partition coefficient (Wildman–Crippen LogP) is 6.98. The highest BCUT2D eigenvalue weighted by Gasteiger charge is 2.29. The number of esters is 5. The van der Waals surface area contributed by atoms with E-state index in [-0.39, 0.29) is 56.4 Å². The van der Waals surface area contributed by atoms with E-state index in [1.165, 1.54) is 29.0 Å². The molecule has 0 fully saturated rings. The quantitative estimate of drug-likeness (QED) is 0.0968. The molecule has 14 nitrogen and oxygen atoms in total. The van der Waals surface area contributed by atoms with Gasteiger partial charge in [0.25, 0.3) is 0 Å². The van der Waals surface area contributed by atoms with Crippen LogP contribution in [0.15, 0.2) is 34.8 Å². The van der Waals surface area contributed by atoms with E-state index >= 15 is 0 Å². The largest absolute Gasteiger partial charge is 0.488 e. The minimum atomic E-state index is -0.813. The number of carbonyl (C=O) groups is 5. The average Bonchev–Trinajstić information content (AvgIpc) is 2.98. The molecule has 2 rings (SSSR count). The number of hydrogen-bond donors (Lipinski definition) is 0. The summed E-state index contributed by atoms with van der Waals surface area (Å²) in [5, 5.41) is 0. The van der Waals surface area contributed by atoms with E-state index in [4.69, 9.17) is 33.2 Å². The lowest BCUT2D eigenvalue weighted by Crippen LogP contribution is -2.40. The minimum absolute atomic E-state index is 0.0306. The summed E-state index contributed by atoms with van der Waals surface area (Å²) in [7, 11) is 1.23. The summed E-state index contributed by atoms with van der Waals surface area (Å²) in [5.41, 5.74) is -1.51. The highest BCUT2D eigenvalue weighted by molar-refractivity contribution is 9.10. The van der Waals surface area contributed by atoms with Gasteiger partial charge >= 0.3 is 29.8 Å². The molecule has 0 amide bonds. The summed E-state index contributed by atoms with van der Waals surface area (Å²) in [5.74, 6) is -2.48. The van der Waals surface area contributed by atoms with Crippen molar-refractivity contribution < 1.29 is 57.1 Å². The summed E-state index contributed by atoms with van der Waals surface area (Å²) in [6, 6.07) is 8.31. The fourth-order valence-corrected chi connectivity index (χ4v) is 5.53. The predicted molar refractivity (Wildman–Crippen MR) is 215 cm³/mol. The molecule has 0 aliphatic carbocycles. The van der Waals surface area contributed by atoms with E-state index in [1.807, 2.05) is 13.0 Å². The second-order valence-electron chi connectivity index (χ2n) is 17.0. The van der Waals surface area contributed by atoms with Crippen molar-refractivity contribution in [1.29, 1.82) is 0 Å². The number of ether oxygens (including phenoxy) is 7. The monoisotopic (exact) mass is 850 g/mol. The van der Waals surface area contributed by atoms with Crippen LogP contribution in [0.25, 0.3) is 0 Å². The van der Waals surface area contributed by atoms with Crippen LogP contribution in [-0.4, -0.2) is 98.8 Å². The van der Waals surface area contributed by atoms with Gasteiger partial charge in [0, 0.05) is 4.47 Å². The Morgan fingerprint density at radius 3 is 1.27 bits per heavy atom. The van der Waals surface area contributed by atoms with Crippen LogP contribution >= 0.6 is 15.9 Å². The number of benzene rings is 2. The summed E-state index contributed by atoms with van der Waals surface area (Å²) in [6.45, 7) is 21.3. The Morgan fingerprint density at radius 2 is 0.911 bits per heavy atom. The van der Waals surface area contributed by atoms with Crippen LogP contribution in [0.4, 0.5) is 11.4 Å². The molecule has 56 heavy (non-hydrogen) atoms. The second kappa shape index (κ2) is 19.6. The number of halogens is 1. The number of rotatable bonds is 16. The third-order valence-corrected chi connectivity index (χ3v) is 7.47. The molecule has 0 N–H and O–H groups in total. The third-order valence-electron chi connectivity index (χ3n) is 6.81. The maximum atomic E-state index is 13.1. The van der Waals surface area contributed by atoms with Crippen molar-refractivity contribution in [3.63, 3.8) is 0 Å². The number of aryl methyl sites for hydroxylation is 1. The standard InChI is InChI=1S/C41H59BrN2O12/c1-26-15-16-29(43(22-33(45)53-38(2,3)4)23-34(46)54-39(5,6)7)31(19-26)51-17-18-52-32-21-28(42)27(37(49)50-14)20-30(32)44(24-35(47)55-40(8,9)10)25-36(48)56-41(11,12)13/h15-16,19-21H,17-18,22-25H2,1-14H3. The fraction of sp³-hybridized carbons (Fsp3) is 0.585. The fourth-order valence-electron chi connectivity index (χ4n) is 5.05. The molecule has 0 aromatic heterocycles. The Labute approximate surface area is 339 Å². The van der Waals surface area contributed by atoms with Crippen molar-refractivity contribution in [2.24, 2.45) is 0 Å². The Bertz CT molecular complexity index is 1650. The van der Waals surface area contributed by atoms with E-state index in [0.29, 0.717) is 15.9 Å². The van der Waals surface area contributed by atoms with Crippen molar-refractivity contribution in [3.05, 3.63) is 45.9 Å². The van der Waals surface area contributed by atoms with Crippen molar-refractivity contribution in [2.75, 3.05) is 56.3 Å². The van der Waals surface area contributed by atoms with Crippen LogP contribution in [0.5, 0.6) is 11.5 Å². The molecule has 0 saturated heterocycles. The molecule has 0 radical (unpaired) electrons. The smallest absolute Gasteiger partial charge is 0.339 e. The van der Waals surface area contributed by atoms with E-state index in [9.17, 15) is 24.0 Å². The Kier molecular flexibility index (Phi) is 16.6. The van der Waals surface area contributed by atoms with E-state index in [2.05, 4.69) is 15.9 Å². The van der Waals surface area contributed by atoms with E-state index in [1.54, 1.807) is 95.2 Å². The highest BCUT2D eigenvalue weighted by atomic mass is 79.9. The molecule has 312 valence electrons. The number of carbonyl (C=O) groups excluding carboxylic acids is 5. The van der Waals surface area contributed by atoms with Crippen molar-refractivity contribution in [3.8, 4) is 11.5 Å². The van der Waals surface area contributed by atoms with Gasteiger partial charge in [0.1, 0.15) is 73.3 Å². The van der Waals surface area contributed by atoms with E-state index < -0.39 is 52.3 Å². The average molecular weight is 852 g/mol. The lowest BCUT2D eigenvalue weighted by molar-refractivity contribution is -0.156. The molecule has 0 bridgehead atoms. The molecule has 2 aromatic rings. The topological polar surface area (TPSA) is 156 Å². The molecule has 2 aromatic carbocycles. The van der Waals surface area contributed by atoms with Gasteiger partial charge in [0.2, 0.25) is 0 Å². The van der Waals surface area contributed by atoms with Gasteiger partial charge in [-0.05, 0) is 136 Å². The Balaban J connectivity index is 2.51. The zero-order chi connectivity index (χ0) is 42.8. The van der Waals surface area contributed by atoms with Crippen LogP contribution < -0.4 is 19.3 Å². The van der Waals surface area contributed by atoms with Crippen molar-refractivity contribution in [2.45, 2.75) is 112 Å². The zero-order valence-electron chi connectivity index (χ0n) is 35.3. The molecule has 0 unspecified atom stereocenters. The molecule has 0 spiro atoms. The summed E-state index contributed by atoms with van der Waals surface area (Å²) >= 11 is 3.41. The Morgan fingerprint density at radius 1 is 0.554 bits per heavy atom. The number of anilines is 2. The van der Waals surface area contributed by atoms with Gasteiger partial charge in [-0.1, -0.05) is 6.07 Å². The van der Waals surface area contributed by atoms with Crippen molar-refractivity contribution >= 4 is 57.2 Å². The number of hydrogen-bond acceptors (Lipinski definition) is 14. The van der Waals surface area contributed by atoms with Gasteiger partial charge in [-0.25, -0.2) is 4.79 Å². The summed E-state index contributed by atoms with van der Waals surface area (Å²) in [4.78, 5) is 68.0. The molecule has 0 heterocycles. The normalized spacial score (nSPS) is 11.9. The highest BCUT2D eigenvalue weighted by Crippen LogP contribution is 2.36. The van der Waals surface area contributed by atoms with Crippen molar-refractivity contribution in [1.82, 2.24) is 0 Å². The van der Waals surface area contributed by atoms with E-state index in [0.717, 1.165) is 5.56 Å². The third kappa shape index (κ3) is 17.5. The molecule has 0 atom stereocenters. The van der Waals surface area contributed by atoms with Crippen LogP contribution in [-0.2, 0) is 42.9 Å². The first-order valence-corrected chi connectivity index (χ1v) is 19.0. The molecular formula is C41H59BrN2O12. The van der Waals surface area contributed by atoms with Crippen LogP contribution in [0.2, 0.25) is 0 Å². The number of nitrogens with zero attached hydrogens (tertiary/aromatic N) is 2. The van der Waals surface area contributed by atoms with Gasteiger partial charge in [0.15, 0.2) is 0 Å².